The van der Waals surface area contributed by atoms with Gasteiger partial charge in [-0.1, -0.05) is 182 Å². The van der Waals surface area contributed by atoms with Crippen LogP contribution in [0.4, 0.5) is 0 Å². The molecule has 4 aliphatic carbocycles. The minimum absolute atomic E-state index is 0.388. The number of hydrogen-bond donors (Lipinski definition) is 0. The summed E-state index contributed by atoms with van der Waals surface area (Å²) < 4.78 is 0. The highest BCUT2D eigenvalue weighted by atomic mass is 14.7. The quantitative estimate of drug-likeness (QED) is 0.178. The Labute approximate surface area is 360 Å². The van der Waals surface area contributed by atoms with Gasteiger partial charge in [0.15, 0.2) is 0 Å². The lowest BCUT2D eigenvalue weighted by Gasteiger charge is -2.30. The number of pyridine rings is 2. The summed E-state index contributed by atoms with van der Waals surface area (Å²) in [6, 6.07) is 74.6. The third kappa shape index (κ3) is 4.09. The van der Waals surface area contributed by atoms with Gasteiger partial charge in [0.05, 0.1) is 16.5 Å². The Bertz CT molecular complexity index is 3480. The zero-order valence-corrected chi connectivity index (χ0v) is 33.7. The van der Waals surface area contributed by atoms with Crippen LogP contribution in [-0.4, -0.2) is 9.97 Å². The average Bonchev–Trinajstić information content (AvgIpc) is 4.03. The minimum Gasteiger partial charge on any atom is -0.264 e. The van der Waals surface area contributed by atoms with Crippen molar-refractivity contribution in [2.24, 2.45) is 0 Å². The van der Waals surface area contributed by atoms with Gasteiger partial charge in [0, 0.05) is 35.3 Å². The maximum absolute atomic E-state index is 5.36. The Morgan fingerprint density at radius 2 is 0.726 bits per heavy atom. The highest BCUT2D eigenvalue weighted by Crippen LogP contribution is 2.66. The molecule has 0 saturated heterocycles. The fourth-order valence-corrected chi connectivity index (χ4v) is 12.2. The number of hydrogen-bond acceptors (Lipinski definition) is 2. The Balaban J connectivity index is 0.937. The summed E-state index contributed by atoms with van der Waals surface area (Å²) in [5.74, 6) is 0. The van der Waals surface area contributed by atoms with Crippen LogP contribution in [0, 0.1) is 0 Å². The molecule has 0 bridgehead atoms. The van der Waals surface area contributed by atoms with Gasteiger partial charge in [-0.2, -0.15) is 0 Å². The van der Waals surface area contributed by atoms with Crippen LogP contribution in [-0.2, 0) is 10.8 Å². The standard InChI is InChI=1S/C60H36N2/c1-6-22-48-41(15-1)42-16-2-7-23-49(42)59(48)52-26-10-5-19-45(52)58-46(21-12-28-55(58)59)56-32-30-39(36-62-56)40-20-11-27-54-57(40)44-18-4-9-25-51(44)60(54)50-24-8-3-17-43(50)47-34-37(29-31-53(47)60)38-14-13-33-61-35-38/h1-36H. The van der Waals surface area contributed by atoms with Gasteiger partial charge >= 0.3 is 0 Å². The van der Waals surface area contributed by atoms with E-state index in [2.05, 4.69) is 205 Å². The second-order valence-electron chi connectivity index (χ2n) is 17.1. The van der Waals surface area contributed by atoms with E-state index in [1.54, 1.807) is 0 Å². The third-order valence-electron chi connectivity index (χ3n) is 14.5. The van der Waals surface area contributed by atoms with Crippen LogP contribution in [0.2, 0.25) is 0 Å². The van der Waals surface area contributed by atoms with Crippen LogP contribution in [0.15, 0.2) is 219 Å². The molecule has 1 atom stereocenters. The van der Waals surface area contributed by atoms with E-state index in [0.717, 1.165) is 22.4 Å². The number of aromatic nitrogens is 2. The molecule has 0 N–H and O–H groups in total. The van der Waals surface area contributed by atoms with Gasteiger partial charge in [0.1, 0.15) is 0 Å². The first-order valence-electron chi connectivity index (χ1n) is 21.6. The summed E-state index contributed by atoms with van der Waals surface area (Å²) >= 11 is 0. The van der Waals surface area contributed by atoms with Crippen LogP contribution in [0.25, 0.3) is 78.0 Å². The average molecular weight is 785 g/mol. The zero-order chi connectivity index (χ0) is 40.6. The molecular weight excluding hydrogens is 749 g/mol. The van der Waals surface area contributed by atoms with E-state index in [0.29, 0.717) is 0 Å². The number of fused-ring (bicyclic) bond motifs is 20. The van der Waals surface area contributed by atoms with Crippen LogP contribution in [0.3, 0.4) is 0 Å². The van der Waals surface area contributed by atoms with Crippen molar-refractivity contribution < 1.29 is 0 Å². The van der Waals surface area contributed by atoms with Crippen molar-refractivity contribution in [2.45, 2.75) is 10.8 Å². The lowest BCUT2D eigenvalue weighted by atomic mass is 9.70. The van der Waals surface area contributed by atoms with Gasteiger partial charge in [0.2, 0.25) is 0 Å². The van der Waals surface area contributed by atoms with Crippen LogP contribution >= 0.6 is 0 Å². The number of nitrogens with zero attached hydrogens (tertiary/aromatic N) is 2. The first kappa shape index (κ1) is 33.8. The monoisotopic (exact) mass is 784 g/mol. The maximum Gasteiger partial charge on any atom is 0.0725 e. The first-order chi connectivity index (χ1) is 30.8. The van der Waals surface area contributed by atoms with Gasteiger partial charge in [0.25, 0.3) is 0 Å². The molecule has 2 aromatic heterocycles. The smallest absolute Gasteiger partial charge is 0.0725 e. The van der Waals surface area contributed by atoms with E-state index < -0.39 is 5.41 Å². The number of benzene rings is 8. The molecule has 2 heteroatoms. The van der Waals surface area contributed by atoms with Crippen molar-refractivity contribution in [1.29, 1.82) is 0 Å². The summed E-state index contributed by atoms with van der Waals surface area (Å²) in [7, 11) is 0. The van der Waals surface area contributed by atoms with Gasteiger partial charge in [-0.3, -0.25) is 9.97 Å². The van der Waals surface area contributed by atoms with Crippen LogP contribution in [0.5, 0.6) is 0 Å². The SMILES string of the molecule is c1cncc(-c2ccc3c(c2)-c2ccccc2C32c3ccccc3-c3c(-c4ccc(-c5cccc6c5-c5ccccc5C65c6ccccc6-c6ccccc65)nc4)cccc32)c1. The first-order valence-corrected chi connectivity index (χ1v) is 21.6. The molecule has 14 rings (SSSR count). The number of rotatable bonds is 3. The van der Waals surface area contributed by atoms with E-state index in [1.807, 2.05) is 18.5 Å². The van der Waals surface area contributed by atoms with E-state index >= 15 is 0 Å². The second kappa shape index (κ2) is 12.3. The largest absolute Gasteiger partial charge is 0.264 e. The third-order valence-corrected chi connectivity index (χ3v) is 14.5. The lowest BCUT2D eigenvalue weighted by molar-refractivity contribution is 0.794. The topological polar surface area (TPSA) is 25.8 Å². The Hall–Kier alpha value is -7.94. The van der Waals surface area contributed by atoms with Gasteiger partial charge in [-0.15, -0.1) is 0 Å². The van der Waals surface area contributed by atoms with Crippen molar-refractivity contribution in [3.8, 4) is 78.0 Å². The molecule has 286 valence electrons. The summed E-state index contributed by atoms with van der Waals surface area (Å²) in [5, 5.41) is 0. The van der Waals surface area contributed by atoms with E-state index in [9.17, 15) is 0 Å². The zero-order valence-electron chi connectivity index (χ0n) is 33.7. The van der Waals surface area contributed by atoms with Gasteiger partial charge < -0.3 is 0 Å². The molecule has 4 aliphatic rings. The minimum atomic E-state index is -0.444. The molecule has 0 aliphatic heterocycles. The van der Waals surface area contributed by atoms with Crippen LogP contribution in [0.1, 0.15) is 44.5 Å². The molecule has 0 saturated carbocycles. The Morgan fingerprint density at radius 3 is 1.27 bits per heavy atom. The predicted octanol–water partition coefficient (Wildman–Crippen LogP) is 14.2. The van der Waals surface area contributed by atoms with Crippen molar-refractivity contribution >= 4 is 0 Å². The molecule has 0 radical (unpaired) electrons. The van der Waals surface area contributed by atoms with E-state index in [-0.39, 0.29) is 5.41 Å². The highest BCUT2D eigenvalue weighted by molar-refractivity contribution is 6.02. The van der Waals surface area contributed by atoms with Crippen molar-refractivity contribution in [2.75, 3.05) is 0 Å². The predicted molar refractivity (Wildman–Crippen MR) is 251 cm³/mol. The summed E-state index contributed by atoms with van der Waals surface area (Å²) in [6.07, 6.45) is 5.90. The maximum atomic E-state index is 5.36. The molecule has 0 fully saturated rings. The Morgan fingerprint density at radius 1 is 0.274 bits per heavy atom. The second-order valence-corrected chi connectivity index (χ2v) is 17.1. The lowest BCUT2D eigenvalue weighted by Crippen LogP contribution is -2.25. The normalized spacial score (nSPS) is 15.9. The van der Waals surface area contributed by atoms with E-state index in [4.69, 9.17) is 4.98 Å². The summed E-state index contributed by atoms with van der Waals surface area (Å²) in [5.41, 5.74) is 26.9. The van der Waals surface area contributed by atoms with Gasteiger partial charge in [-0.05, 0) is 118 Å². The van der Waals surface area contributed by atoms with Crippen molar-refractivity contribution in [3.05, 3.63) is 263 Å². The molecular formula is C60H36N2. The fraction of sp³-hybridized carbons (Fsp3) is 0.0333. The molecule has 2 spiro atoms. The van der Waals surface area contributed by atoms with Crippen LogP contribution < -0.4 is 0 Å². The Kier molecular flexibility index (Phi) is 6.72. The fourth-order valence-electron chi connectivity index (χ4n) is 12.2. The molecule has 62 heavy (non-hydrogen) atoms. The summed E-state index contributed by atoms with van der Waals surface area (Å²) in [6.45, 7) is 0. The molecule has 8 aromatic carbocycles. The molecule has 1 unspecified atom stereocenters. The van der Waals surface area contributed by atoms with Crippen molar-refractivity contribution in [3.63, 3.8) is 0 Å². The van der Waals surface area contributed by atoms with Crippen molar-refractivity contribution in [1.82, 2.24) is 9.97 Å². The highest BCUT2D eigenvalue weighted by Gasteiger charge is 2.53. The summed E-state index contributed by atoms with van der Waals surface area (Å²) in [4.78, 5) is 9.79. The molecule has 0 amide bonds. The van der Waals surface area contributed by atoms with E-state index in [1.165, 1.54) is 100 Å². The molecule has 2 nitrogen and oxygen atoms in total. The molecule has 2 heterocycles. The van der Waals surface area contributed by atoms with Gasteiger partial charge in [-0.25, -0.2) is 0 Å². The molecule has 10 aromatic rings.